The Morgan fingerprint density at radius 2 is 1.41 bits per heavy atom. The average Bonchev–Trinajstić information content (AvgIpc) is 2.38. The van der Waals surface area contributed by atoms with Crippen LogP contribution in [0.15, 0.2) is 30.3 Å². The molecule has 1 rings (SSSR count). The van der Waals surface area contributed by atoms with Gasteiger partial charge in [0.2, 0.25) is 0 Å². The second-order valence-electron chi connectivity index (χ2n) is 4.24. The van der Waals surface area contributed by atoms with Crippen molar-refractivity contribution in [2.75, 3.05) is 38.0 Å². The van der Waals surface area contributed by atoms with E-state index in [1.807, 2.05) is 0 Å². The highest BCUT2D eigenvalue weighted by atomic mass is 31.1. The van der Waals surface area contributed by atoms with Crippen LogP contribution in [-0.2, 0) is 0 Å². The molecule has 96 valence electrons. The molecule has 0 aliphatic heterocycles. The van der Waals surface area contributed by atoms with Gasteiger partial charge in [-0.15, -0.1) is 17.2 Å². The molecule has 0 aliphatic carbocycles. The maximum absolute atomic E-state index is 2.34. The molecule has 0 nitrogen and oxygen atoms in total. The Hall–Kier alpha value is 0.510. The summed E-state index contributed by atoms with van der Waals surface area (Å²) in [6, 6.07) is 11.2. The smallest absolute Gasteiger partial charge is 0.0240 e. The van der Waals surface area contributed by atoms with Crippen molar-refractivity contribution in [1.29, 1.82) is 0 Å². The van der Waals surface area contributed by atoms with Gasteiger partial charge in [-0.25, -0.2) is 0 Å². The van der Waals surface area contributed by atoms with Gasteiger partial charge in [0.15, 0.2) is 0 Å². The van der Waals surface area contributed by atoms with Gasteiger partial charge in [0.25, 0.3) is 0 Å². The fourth-order valence-electron chi connectivity index (χ4n) is 1.90. The summed E-state index contributed by atoms with van der Waals surface area (Å²) in [6.07, 6.45) is 8.64. The Morgan fingerprint density at radius 3 is 1.88 bits per heavy atom. The van der Waals surface area contributed by atoms with Gasteiger partial charge in [0.1, 0.15) is 0 Å². The van der Waals surface area contributed by atoms with Crippen molar-refractivity contribution in [3.05, 3.63) is 30.3 Å². The SMILES string of the molecule is CPCCCP(CCCPC)c1ccccc1. The molecule has 0 saturated heterocycles. The van der Waals surface area contributed by atoms with Gasteiger partial charge in [0, 0.05) is 0 Å². The highest BCUT2D eigenvalue weighted by Crippen LogP contribution is 2.36. The second-order valence-corrected chi connectivity index (χ2v) is 9.14. The first kappa shape index (κ1) is 15.6. The highest BCUT2D eigenvalue weighted by Gasteiger charge is 2.09. The molecule has 0 saturated carbocycles. The first-order valence-electron chi connectivity index (χ1n) is 6.47. The van der Waals surface area contributed by atoms with Crippen LogP contribution in [-0.4, -0.2) is 38.0 Å². The molecule has 0 N–H and O–H groups in total. The summed E-state index contributed by atoms with van der Waals surface area (Å²) in [7, 11) is 2.39. The van der Waals surface area contributed by atoms with E-state index in [0.29, 0.717) is 0 Å². The largest absolute Gasteiger partial charge is 0.125 e. The van der Waals surface area contributed by atoms with Crippen molar-refractivity contribution in [3.63, 3.8) is 0 Å². The molecule has 2 unspecified atom stereocenters. The Bertz CT molecular complexity index is 264. The van der Waals surface area contributed by atoms with Crippen LogP contribution in [0.2, 0.25) is 0 Å². The summed E-state index contributed by atoms with van der Waals surface area (Å²) in [5.41, 5.74) is 0. The predicted molar refractivity (Wildman–Crippen MR) is 90.2 cm³/mol. The minimum atomic E-state index is 0.130. The molecule has 0 radical (unpaired) electrons. The van der Waals surface area contributed by atoms with E-state index >= 15 is 0 Å². The maximum atomic E-state index is 2.34. The fraction of sp³-hybridized carbons (Fsp3) is 0.571. The third kappa shape index (κ3) is 6.86. The molecule has 0 aromatic heterocycles. The summed E-state index contributed by atoms with van der Waals surface area (Å²) in [4.78, 5) is 0. The Labute approximate surface area is 112 Å². The van der Waals surface area contributed by atoms with Crippen molar-refractivity contribution in [1.82, 2.24) is 0 Å². The van der Waals surface area contributed by atoms with Crippen molar-refractivity contribution >= 4 is 30.4 Å². The van der Waals surface area contributed by atoms with Crippen LogP contribution >= 0.6 is 25.1 Å². The van der Waals surface area contributed by atoms with Gasteiger partial charge in [-0.2, -0.15) is 0 Å². The maximum Gasteiger partial charge on any atom is -0.0240 e. The molecule has 17 heavy (non-hydrogen) atoms. The van der Waals surface area contributed by atoms with Crippen molar-refractivity contribution in [3.8, 4) is 0 Å². The molecule has 1 aromatic carbocycles. The van der Waals surface area contributed by atoms with Gasteiger partial charge in [-0.1, -0.05) is 38.3 Å². The molecule has 2 atom stereocenters. The van der Waals surface area contributed by atoms with Crippen molar-refractivity contribution in [2.24, 2.45) is 0 Å². The van der Waals surface area contributed by atoms with E-state index in [4.69, 9.17) is 0 Å². The Balaban J connectivity index is 2.46. The van der Waals surface area contributed by atoms with E-state index in [2.05, 4.69) is 43.7 Å². The lowest BCUT2D eigenvalue weighted by Crippen LogP contribution is -2.07. The van der Waals surface area contributed by atoms with Crippen LogP contribution < -0.4 is 5.30 Å². The summed E-state index contributed by atoms with van der Waals surface area (Å²) in [5.74, 6) is 0. The summed E-state index contributed by atoms with van der Waals surface area (Å²) in [6.45, 7) is 4.64. The van der Waals surface area contributed by atoms with Crippen LogP contribution in [0.5, 0.6) is 0 Å². The van der Waals surface area contributed by atoms with E-state index < -0.39 is 0 Å². The van der Waals surface area contributed by atoms with Crippen LogP contribution in [0.4, 0.5) is 0 Å². The van der Waals surface area contributed by atoms with Crippen LogP contribution in [0.1, 0.15) is 12.8 Å². The van der Waals surface area contributed by atoms with E-state index in [1.165, 1.54) is 37.5 Å². The standard InChI is InChI=1S/C14H25P3/c1-15-10-6-12-17(13-7-11-16-2)14-8-4-3-5-9-14/h3-5,8-9,15-16H,6-7,10-13H2,1-2H3. The van der Waals surface area contributed by atoms with Crippen LogP contribution in [0.3, 0.4) is 0 Å². The van der Waals surface area contributed by atoms with E-state index in [1.54, 1.807) is 5.30 Å². The number of benzene rings is 1. The predicted octanol–water partition coefficient (Wildman–Crippen LogP) is 4.19. The van der Waals surface area contributed by atoms with E-state index in [0.717, 1.165) is 17.2 Å². The Morgan fingerprint density at radius 1 is 0.882 bits per heavy atom. The Kier molecular flexibility index (Phi) is 9.55. The number of hydrogen-bond donors (Lipinski definition) is 0. The highest BCUT2D eigenvalue weighted by molar-refractivity contribution is 7.65. The van der Waals surface area contributed by atoms with E-state index in [9.17, 15) is 0 Å². The quantitative estimate of drug-likeness (QED) is 0.471. The lowest BCUT2D eigenvalue weighted by molar-refractivity contribution is 1.07. The molecule has 0 aliphatic rings. The second kappa shape index (κ2) is 10.4. The molecule has 0 fully saturated rings. The fourth-order valence-corrected chi connectivity index (χ4v) is 5.97. The first-order chi connectivity index (χ1) is 8.38. The molecule has 0 heterocycles. The molecule has 0 spiro atoms. The monoisotopic (exact) mass is 286 g/mol. The van der Waals surface area contributed by atoms with Crippen LogP contribution in [0, 0.1) is 0 Å². The number of rotatable bonds is 9. The number of hydrogen-bond acceptors (Lipinski definition) is 0. The zero-order valence-electron chi connectivity index (χ0n) is 11.1. The van der Waals surface area contributed by atoms with Gasteiger partial charge in [0.05, 0.1) is 0 Å². The van der Waals surface area contributed by atoms with Crippen molar-refractivity contribution in [2.45, 2.75) is 12.8 Å². The van der Waals surface area contributed by atoms with E-state index in [-0.39, 0.29) is 7.92 Å². The minimum absolute atomic E-state index is 0.130. The summed E-state index contributed by atoms with van der Waals surface area (Å²) >= 11 is 0. The lowest BCUT2D eigenvalue weighted by Gasteiger charge is -2.18. The van der Waals surface area contributed by atoms with Gasteiger partial charge < -0.3 is 0 Å². The van der Waals surface area contributed by atoms with Gasteiger partial charge >= 0.3 is 0 Å². The zero-order valence-corrected chi connectivity index (χ0v) is 14.0. The lowest BCUT2D eigenvalue weighted by atomic mass is 10.4. The van der Waals surface area contributed by atoms with Gasteiger partial charge in [-0.05, 0) is 56.1 Å². The molecule has 0 bridgehead atoms. The molecular weight excluding hydrogens is 261 g/mol. The first-order valence-corrected chi connectivity index (χ1v) is 11.6. The minimum Gasteiger partial charge on any atom is -0.125 e. The molecule has 3 heteroatoms. The molecular formula is C14H25P3. The average molecular weight is 286 g/mol. The zero-order chi connectivity index (χ0) is 12.3. The molecule has 1 aromatic rings. The summed E-state index contributed by atoms with van der Waals surface area (Å²) in [5, 5.41) is 1.63. The topological polar surface area (TPSA) is 0 Å². The van der Waals surface area contributed by atoms with Gasteiger partial charge in [-0.3, -0.25) is 0 Å². The normalized spacial score (nSPS) is 14.0. The summed E-state index contributed by atoms with van der Waals surface area (Å²) < 4.78 is 0. The van der Waals surface area contributed by atoms with Crippen LogP contribution in [0.25, 0.3) is 0 Å². The van der Waals surface area contributed by atoms with Crippen molar-refractivity contribution < 1.29 is 0 Å². The third-order valence-electron chi connectivity index (χ3n) is 2.83. The third-order valence-corrected chi connectivity index (χ3v) is 7.28. The molecule has 0 amide bonds.